The molecule has 2 aromatic carbocycles. The molecule has 0 spiro atoms. The molecule has 0 aliphatic carbocycles. The minimum atomic E-state index is -0.417. The number of pyridine rings is 1. The van der Waals surface area contributed by atoms with Crippen molar-refractivity contribution in [2.45, 2.75) is 0 Å². The number of para-hydroxylation sites is 1. The van der Waals surface area contributed by atoms with Gasteiger partial charge in [0.25, 0.3) is 5.56 Å². The average molecular weight is 514 g/mol. The Hall–Kier alpha value is -3.00. The Morgan fingerprint density at radius 3 is 2.52 bits per heavy atom. The van der Waals surface area contributed by atoms with Crippen molar-refractivity contribution in [2.75, 3.05) is 0 Å². The Balaban J connectivity index is 1.85. The summed E-state index contributed by atoms with van der Waals surface area (Å²) in [5.74, 6) is 0.604. The van der Waals surface area contributed by atoms with Crippen molar-refractivity contribution in [3.05, 3.63) is 92.2 Å². The van der Waals surface area contributed by atoms with Crippen LogP contribution in [0.5, 0.6) is 0 Å². The van der Waals surface area contributed by atoms with Crippen LogP contribution in [0.15, 0.2) is 81.0 Å². The summed E-state index contributed by atoms with van der Waals surface area (Å²) in [5.41, 5.74) is 2.23. The average Bonchev–Trinajstić information content (AvgIpc) is 3.30. The number of rotatable bonds is 3. The minimum Gasteiger partial charge on any atom is -0.444 e. The summed E-state index contributed by atoms with van der Waals surface area (Å²) < 4.78 is 7.45. The molecule has 0 aliphatic rings. The van der Waals surface area contributed by atoms with Crippen molar-refractivity contribution in [1.29, 1.82) is 0 Å². The predicted molar refractivity (Wildman–Crippen MR) is 124 cm³/mol. The summed E-state index contributed by atoms with van der Waals surface area (Å²) in [6.45, 7) is 0. The fourth-order valence-corrected chi connectivity index (χ4v) is 4.40. The maximum atomic E-state index is 13.2. The Labute approximate surface area is 194 Å². The van der Waals surface area contributed by atoms with E-state index in [0.717, 1.165) is 15.6 Å². The molecule has 3 aromatic heterocycles. The molecular weight excluding hydrogens is 503 g/mol. The molecule has 0 N–H and O–H groups in total. The molecule has 0 atom stereocenters. The molecule has 0 unspecified atom stereocenters. The van der Waals surface area contributed by atoms with Crippen LogP contribution in [-0.4, -0.2) is 19.7 Å². The number of fused-ring (bicyclic) bond motifs is 1. The molecular formula is C22H11BrCl2N4O2. The maximum absolute atomic E-state index is 13.2. The molecule has 3 heterocycles. The number of aromatic nitrogens is 4. The van der Waals surface area contributed by atoms with Gasteiger partial charge in [-0.2, -0.15) is 9.78 Å². The Bertz CT molecular complexity index is 1480. The molecule has 0 saturated heterocycles. The molecule has 0 bridgehead atoms. The van der Waals surface area contributed by atoms with Gasteiger partial charge in [-0.05, 0) is 42.5 Å². The van der Waals surface area contributed by atoms with Crippen molar-refractivity contribution in [3.63, 3.8) is 0 Å². The number of benzene rings is 2. The van der Waals surface area contributed by atoms with E-state index >= 15 is 0 Å². The molecule has 9 heteroatoms. The van der Waals surface area contributed by atoms with Gasteiger partial charge in [-0.1, -0.05) is 45.2 Å². The second-order valence-electron chi connectivity index (χ2n) is 6.63. The summed E-state index contributed by atoms with van der Waals surface area (Å²) in [4.78, 5) is 21.5. The van der Waals surface area contributed by atoms with Crippen LogP contribution in [0.3, 0.4) is 0 Å². The third-order valence-corrected chi connectivity index (χ3v) is 5.76. The highest BCUT2D eigenvalue weighted by atomic mass is 79.9. The van der Waals surface area contributed by atoms with E-state index in [1.54, 1.807) is 42.7 Å². The lowest BCUT2D eigenvalue weighted by Gasteiger charge is -2.13. The smallest absolute Gasteiger partial charge is 0.298 e. The van der Waals surface area contributed by atoms with Crippen LogP contribution in [0.2, 0.25) is 10.0 Å². The van der Waals surface area contributed by atoms with Crippen LogP contribution in [0.25, 0.3) is 39.2 Å². The molecule has 0 fully saturated rings. The van der Waals surface area contributed by atoms with Crippen LogP contribution >= 0.6 is 39.1 Å². The Morgan fingerprint density at radius 2 is 1.77 bits per heavy atom. The van der Waals surface area contributed by atoms with Gasteiger partial charge in [-0.15, -0.1) is 0 Å². The highest BCUT2D eigenvalue weighted by Gasteiger charge is 2.19. The molecule has 5 aromatic rings. The number of hydrogen-bond acceptors (Lipinski definition) is 5. The predicted octanol–water partition coefficient (Wildman–Crippen LogP) is 6.17. The third kappa shape index (κ3) is 3.54. The lowest BCUT2D eigenvalue weighted by molar-refractivity contribution is 0.572. The second-order valence-corrected chi connectivity index (χ2v) is 8.36. The van der Waals surface area contributed by atoms with Gasteiger partial charge in [0.05, 0.1) is 16.2 Å². The summed E-state index contributed by atoms with van der Waals surface area (Å²) in [6.07, 6.45) is 4.56. The lowest BCUT2D eigenvalue weighted by atomic mass is 10.0. The van der Waals surface area contributed by atoms with E-state index in [1.165, 1.54) is 11.1 Å². The molecule has 0 aliphatic heterocycles. The van der Waals surface area contributed by atoms with E-state index in [0.29, 0.717) is 32.6 Å². The molecule has 152 valence electrons. The summed E-state index contributed by atoms with van der Waals surface area (Å²) in [7, 11) is 0. The van der Waals surface area contributed by atoms with Crippen LogP contribution in [-0.2, 0) is 0 Å². The maximum Gasteiger partial charge on any atom is 0.298 e. The Kier molecular flexibility index (Phi) is 5.09. The standard InChI is InChI=1S/C22H11BrCl2N4O2/c23-14-8-12(18-10-26-11-31-18)7-13(9-14)19-15-3-2-6-27-20(15)22(30)29(28-19)21-16(24)4-1-5-17(21)25/h1-11H. The lowest BCUT2D eigenvalue weighted by Crippen LogP contribution is -2.23. The van der Waals surface area contributed by atoms with Crippen LogP contribution in [0.1, 0.15) is 0 Å². The van der Waals surface area contributed by atoms with Gasteiger partial charge in [0.15, 0.2) is 12.2 Å². The minimum absolute atomic E-state index is 0.254. The zero-order valence-electron chi connectivity index (χ0n) is 15.6. The zero-order chi connectivity index (χ0) is 21.5. The molecule has 31 heavy (non-hydrogen) atoms. The van der Waals surface area contributed by atoms with E-state index in [1.807, 2.05) is 18.2 Å². The largest absolute Gasteiger partial charge is 0.444 e. The number of hydrogen-bond donors (Lipinski definition) is 0. The summed E-state index contributed by atoms with van der Waals surface area (Å²) >= 11 is 16.3. The highest BCUT2D eigenvalue weighted by Crippen LogP contribution is 2.33. The van der Waals surface area contributed by atoms with Gasteiger partial charge in [0.2, 0.25) is 0 Å². The summed E-state index contributed by atoms with van der Waals surface area (Å²) in [5, 5.41) is 5.87. The van der Waals surface area contributed by atoms with Crippen LogP contribution < -0.4 is 5.56 Å². The fraction of sp³-hybridized carbons (Fsp3) is 0. The van der Waals surface area contributed by atoms with E-state index in [2.05, 4.69) is 31.0 Å². The normalized spacial score (nSPS) is 11.2. The first-order valence-electron chi connectivity index (χ1n) is 9.05. The molecule has 0 saturated carbocycles. The van der Waals surface area contributed by atoms with E-state index in [-0.39, 0.29) is 5.52 Å². The number of halogens is 3. The topological polar surface area (TPSA) is 73.8 Å². The highest BCUT2D eigenvalue weighted by molar-refractivity contribution is 9.10. The van der Waals surface area contributed by atoms with E-state index in [9.17, 15) is 4.79 Å². The second kappa shape index (κ2) is 7.92. The first-order chi connectivity index (χ1) is 15.0. The van der Waals surface area contributed by atoms with E-state index in [4.69, 9.17) is 27.6 Å². The molecule has 0 amide bonds. The van der Waals surface area contributed by atoms with Crippen molar-refractivity contribution >= 4 is 50.0 Å². The third-order valence-electron chi connectivity index (χ3n) is 4.70. The fourth-order valence-electron chi connectivity index (χ4n) is 3.35. The number of oxazole rings is 1. The van der Waals surface area contributed by atoms with Gasteiger partial charge in [-0.3, -0.25) is 9.78 Å². The van der Waals surface area contributed by atoms with Gasteiger partial charge in [0, 0.05) is 27.2 Å². The van der Waals surface area contributed by atoms with Gasteiger partial charge in [0.1, 0.15) is 16.9 Å². The first kappa shape index (κ1) is 19.9. The van der Waals surface area contributed by atoms with Gasteiger partial charge >= 0.3 is 0 Å². The SMILES string of the molecule is O=c1c2ncccc2c(-c2cc(Br)cc(-c3cnco3)c2)nn1-c1c(Cl)cccc1Cl. The molecule has 6 nitrogen and oxygen atoms in total. The molecule has 5 rings (SSSR count). The zero-order valence-corrected chi connectivity index (χ0v) is 18.7. The van der Waals surface area contributed by atoms with Gasteiger partial charge in [-0.25, -0.2) is 4.98 Å². The first-order valence-corrected chi connectivity index (χ1v) is 10.6. The van der Waals surface area contributed by atoms with Gasteiger partial charge < -0.3 is 4.42 Å². The summed E-state index contributed by atoms with van der Waals surface area (Å²) in [6, 6.07) is 14.3. The molecule has 0 radical (unpaired) electrons. The van der Waals surface area contributed by atoms with Crippen molar-refractivity contribution in [2.24, 2.45) is 0 Å². The van der Waals surface area contributed by atoms with Crippen LogP contribution in [0, 0.1) is 0 Å². The number of nitrogens with zero attached hydrogens (tertiary/aromatic N) is 4. The monoisotopic (exact) mass is 512 g/mol. The van der Waals surface area contributed by atoms with Crippen molar-refractivity contribution < 1.29 is 4.42 Å². The van der Waals surface area contributed by atoms with Crippen molar-refractivity contribution in [3.8, 4) is 28.3 Å². The quantitative estimate of drug-likeness (QED) is 0.288. The van der Waals surface area contributed by atoms with Crippen molar-refractivity contribution in [1.82, 2.24) is 19.7 Å². The van der Waals surface area contributed by atoms with E-state index < -0.39 is 5.56 Å². The van der Waals surface area contributed by atoms with Crippen LogP contribution in [0.4, 0.5) is 0 Å². The Morgan fingerprint density at radius 1 is 1.00 bits per heavy atom.